The molecule has 120 valence electrons. The van der Waals surface area contributed by atoms with Crippen molar-refractivity contribution < 1.29 is 9.18 Å². The molecule has 1 heterocycles. The number of piperidine rings is 1. The molecular formula is C18H25FN2O. The standard InChI is InChI=1S/C18H25FN2O/c1-17(2)11-15(12-18(3,4)21-17)20-16(22)9-8-13-6-5-7-14(19)10-13/h5-10,15,21H,11-12H2,1-4H3,(H,20,22)/b9-8+. The van der Waals surface area contributed by atoms with Crippen LogP contribution in [0.2, 0.25) is 0 Å². The van der Waals surface area contributed by atoms with Crippen LogP contribution in [0.5, 0.6) is 0 Å². The van der Waals surface area contributed by atoms with Crippen LogP contribution in [0.3, 0.4) is 0 Å². The van der Waals surface area contributed by atoms with Crippen LogP contribution in [0.25, 0.3) is 6.08 Å². The number of carbonyl (C=O) groups is 1. The van der Waals surface area contributed by atoms with Crippen molar-refractivity contribution in [2.45, 2.75) is 57.7 Å². The van der Waals surface area contributed by atoms with E-state index in [9.17, 15) is 9.18 Å². The topological polar surface area (TPSA) is 41.1 Å². The summed E-state index contributed by atoms with van der Waals surface area (Å²) in [5.41, 5.74) is 0.666. The van der Waals surface area contributed by atoms with Crippen LogP contribution in [0.15, 0.2) is 30.3 Å². The summed E-state index contributed by atoms with van der Waals surface area (Å²) < 4.78 is 13.1. The summed E-state index contributed by atoms with van der Waals surface area (Å²) in [6, 6.07) is 6.32. The van der Waals surface area contributed by atoms with E-state index in [0.717, 1.165) is 12.8 Å². The van der Waals surface area contributed by atoms with Crippen molar-refractivity contribution in [1.29, 1.82) is 0 Å². The molecule has 2 N–H and O–H groups in total. The maximum atomic E-state index is 13.1. The fourth-order valence-corrected chi connectivity index (χ4v) is 3.46. The van der Waals surface area contributed by atoms with E-state index >= 15 is 0 Å². The van der Waals surface area contributed by atoms with E-state index in [0.29, 0.717) is 5.56 Å². The van der Waals surface area contributed by atoms with Gasteiger partial charge in [-0.3, -0.25) is 4.79 Å². The number of benzene rings is 1. The van der Waals surface area contributed by atoms with Crippen LogP contribution in [-0.2, 0) is 4.79 Å². The highest BCUT2D eigenvalue weighted by atomic mass is 19.1. The van der Waals surface area contributed by atoms with Gasteiger partial charge in [-0.05, 0) is 64.3 Å². The number of nitrogens with one attached hydrogen (secondary N) is 2. The Morgan fingerprint density at radius 1 is 1.27 bits per heavy atom. The van der Waals surface area contributed by atoms with Crippen LogP contribution in [0, 0.1) is 5.82 Å². The first-order valence-corrected chi connectivity index (χ1v) is 7.69. The molecule has 1 aliphatic heterocycles. The molecule has 1 aromatic carbocycles. The van der Waals surface area contributed by atoms with Crippen molar-refractivity contribution in [3.63, 3.8) is 0 Å². The van der Waals surface area contributed by atoms with E-state index in [1.54, 1.807) is 18.2 Å². The molecule has 1 saturated heterocycles. The third kappa shape index (κ3) is 4.95. The lowest BCUT2D eigenvalue weighted by atomic mass is 9.79. The summed E-state index contributed by atoms with van der Waals surface area (Å²) >= 11 is 0. The molecule has 1 fully saturated rings. The Kier molecular flexibility index (Phi) is 4.71. The summed E-state index contributed by atoms with van der Waals surface area (Å²) in [6.45, 7) is 8.59. The van der Waals surface area contributed by atoms with Gasteiger partial charge in [-0.1, -0.05) is 12.1 Å². The Morgan fingerprint density at radius 2 is 1.91 bits per heavy atom. The van der Waals surface area contributed by atoms with E-state index in [1.165, 1.54) is 18.2 Å². The van der Waals surface area contributed by atoms with Gasteiger partial charge in [-0.15, -0.1) is 0 Å². The molecule has 1 aromatic rings. The van der Waals surface area contributed by atoms with Gasteiger partial charge in [0, 0.05) is 23.2 Å². The number of amides is 1. The Hall–Kier alpha value is -1.68. The van der Waals surface area contributed by atoms with Crippen molar-refractivity contribution in [2.24, 2.45) is 0 Å². The molecule has 0 spiro atoms. The predicted octanol–water partition coefficient (Wildman–Crippen LogP) is 3.26. The summed E-state index contributed by atoms with van der Waals surface area (Å²) in [5.74, 6) is -0.438. The molecule has 0 unspecified atom stereocenters. The van der Waals surface area contributed by atoms with Gasteiger partial charge in [0.05, 0.1) is 0 Å². The third-order valence-corrected chi connectivity index (χ3v) is 3.81. The van der Waals surface area contributed by atoms with Crippen molar-refractivity contribution in [2.75, 3.05) is 0 Å². The number of hydrogen-bond donors (Lipinski definition) is 2. The Balaban J connectivity index is 1.97. The van der Waals surface area contributed by atoms with Gasteiger partial charge in [0.2, 0.25) is 5.91 Å². The second kappa shape index (κ2) is 6.21. The van der Waals surface area contributed by atoms with E-state index in [-0.39, 0.29) is 28.8 Å². The van der Waals surface area contributed by atoms with Crippen molar-refractivity contribution in [1.82, 2.24) is 10.6 Å². The van der Waals surface area contributed by atoms with Crippen LogP contribution < -0.4 is 10.6 Å². The van der Waals surface area contributed by atoms with Gasteiger partial charge in [0.1, 0.15) is 5.82 Å². The number of carbonyl (C=O) groups excluding carboxylic acids is 1. The van der Waals surface area contributed by atoms with Crippen molar-refractivity contribution in [3.8, 4) is 0 Å². The van der Waals surface area contributed by atoms with Crippen molar-refractivity contribution >= 4 is 12.0 Å². The van der Waals surface area contributed by atoms with Gasteiger partial charge < -0.3 is 10.6 Å². The molecule has 0 aliphatic carbocycles. The molecule has 2 rings (SSSR count). The maximum Gasteiger partial charge on any atom is 0.244 e. The highest BCUT2D eigenvalue weighted by molar-refractivity contribution is 5.91. The smallest absolute Gasteiger partial charge is 0.244 e. The SMILES string of the molecule is CC1(C)CC(NC(=O)/C=C/c2cccc(F)c2)CC(C)(C)N1. The second-order valence-electron chi connectivity index (χ2n) is 7.39. The zero-order chi connectivity index (χ0) is 16.4. The zero-order valence-corrected chi connectivity index (χ0v) is 13.7. The number of rotatable bonds is 3. The molecule has 1 aliphatic rings. The average Bonchev–Trinajstić information content (AvgIpc) is 2.32. The second-order valence-corrected chi connectivity index (χ2v) is 7.39. The lowest BCUT2D eigenvalue weighted by Gasteiger charge is -2.46. The van der Waals surface area contributed by atoms with E-state index in [2.05, 4.69) is 38.3 Å². The monoisotopic (exact) mass is 304 g/mol. The fraction of sp³-hybridized carbons (Fsp3) is 0.500. The van der Waals surface area contributed by atoms with Gasteiger partial charge in [-0.25, -0.2) is 4.39 Å². The van der Waals surface area contributed by atoms with Crippen LogP contribution >= 0.6 is 0 Å². The Bertz CT molecular complexity index is 562. The molecule has 0 radical (unpaired) electrons. The van der Waals surface area contributed by atoms with E-state index in [1.807, 2.05) is 0 Å². The van der Waals surface area contributed by atoms with Crippen LogP contribution in [0.1, 0.15) is 46.1 Å². The summed E-state index contributed by atoms with van der Waals surface area (Å²) in [6.07, 6.45) is 4.87. The lowest BCUT2D eigenvalue weighted by molar-refractivity contribution is -0.117. The largest absolute Gasteiger partial charge is 0.350 e. The van der Waals surface area contributed by atoms with Crippen LogP contribution in [-0.4, -0.2) is 23.0 Å². The summed E-state index contributed by atoms with van der Waals surface area (Å²) in [4.78, 5) is 12.1. The van der Waals surface area contributed by atoms with Gasteiger partial charge >= 0.3 is 0 Å². The van der Waals surface area contributed by atoms with Gasteiger partial charge in [-0.2, -0.15) is 0 Å². The molecule has 0 aromatic heterocycles. The maximum absolute atomic E-state index is 13.1. The first-order valence-electron chi connectivity index (χ1n) is 7.69. The molecule has 4 heteroatoms. The van der Waals surface area contributed by atoms with Crippen molar-refractivity contribution in [3.05, 3.63) is 41.7 Å². The van der Waals surface area contributed by atoms with E-state index < -0.39 is 0 Å². The summed E-state index contributed by atoms with van der Waals surface area (Å²) in [5, 5.41) is 6.64. The minimum Gasteiger partial charge on any atom is -0.350 e. The van der Waals surface area contributed by atoms with Gasteiger partial charge in [0.15, 0.2) is 0 Å². The molecule has 22 heavy (non-hydrogen) atoms. The number of hydrogen-bond acceptors (Lipinski definition) is 2. The number of halogens is 1. The highest BCUT2D eigenvalue weighted by Gasteiger charge is 2.37. The van der Waals surface area contributed by atoms with Crippen LogP contribution in [0.4, 0.5) is 4.39 Å². The quantitative estimate of drug-likeness (QED) is 0.842. The van der Waals surface area contributed by atoms with E-state index in [4.69, 9.17) is 0 Å². The Labute approximate surface area is 132 Å². The minimum atomic E-state index is -0.301. The molecule has 1 amide bonds. The fourth-order valence-electron chi connectivity index (χ4n) is 3.46. The predicted molar refractivity (Wildman–Crippen MR) is 87.9 cm³/mol. The first-order chi connectivity index (χ1) is 10.2. The zero-order valence-electron chi connectivity index (χ0n) is 13.7. The third-order valence-electron chi connectivity index (χ3n) is 3.81. The van der Waals surface area contributed by atoms with Gasteiger partial charge in [0.25, 0.3) is 0 Å². The average molecular weight is 304 g/mol. The minimum absolute atomic E-state index is 0.00797. The normalized spacial score (nSPS) is 21.0. The lowest BCUT2D eigenvalue weighted by Crippen LogP contribution is -2.62. The first kappa shape index (κ1) is 16.7. The molecule has 3 nitrogen and oxygen atoms in total. The molecule has 0 bridgehead atoms. The molecular weight excluding hydrogens is 279 g/mol. The summed E-state index contributed by atoms with van der Waals surface area (Å²) in [7, 11) is 0. The highest BCUT2D eigenvalue weighted by Crippen LogP contribution is 2.28. The Morgan fingerprint density at radius 3 is 2.50 bits per heavy atom. The molecule has 0 saturated carbocycles. The molecule has 0 atom stereocenters.